The van der Waals surface area contributed by atoms with Gasteiger partial charge in [-0.25, -0.2) is 49.9 Å². The molecule has 30 nitrogen and oxygen atoms in total. The van der Waals surface area contributed by atoms with Crippen molar-refractivity contribution in [3.05, 3.63) is 159 Å². The number of aromatic nitrogens is 9. The van der Waals surface area contributed by atoms with Gasteiger partial charge < -0.3 is 66.0 Å². The number of piperidine rings is 1. The molecule has 10 heterocycles. The van der Waals surface area contributed by atoms with E-state index in [9.17, 15) is 74.2 Å². The molecule has 3 fully saturated rings. The Morgan fingerprint density at radius 1 is 0.406 bits per heavy atom. The summed E-state index contributed by atoms with van der Waals surface area (Å²) in [6.45, 7) is 30.0. The van der Waals surface area contributed by atoms with Gasteiger partial charge in [-0.3, -0.25) is 24.2 Å². The number of hydrogen-bond donors (Lipinski definition) is 6. The number of β-amino-alcohol motifs (C(OH)–C–C–N with tert-alkyl or cyclic N) is 1. The van der Waals surface area contributed by atoms with E-state index in [2.05, 4.69) is 71.6 Å². The van der Waals surface area contributed by atoms with Gasteiger partial charge in [-0.15, -0.1) is 0 Å². The minimum atomic E-state index is -1.28. The Hall–Kier alpha value is -11.3. The molecular weight excluding hydrogens is 1720 g/mol. The summed E-state index contributed by atoms with van der Waals surface area (Å²) < 4.78 is 102. The molecular formula is C96H128F7N21O9. The fraction of sp³-hybridized carbons (Fsp3) is 0.552. The maximum Gasteiger partial charge on any atom is 0.343 e. The molecule has 37 heteroatoms. The highest BCUT2D eigenvalue weighted by Gasteiger charge is 2.44. The van der Waals surface area contributed by atoms with Crippen molar-refractivity contribution in [3.63, 3.8) is 0 Å². The van der Waals surface area contributed by atoms with Crippen molar-refractivity contribution in [2.24, 2.45) is 21.7 Å². The maximum atomic E-state index is 14.6. The first-order valence-corrected chi connectivity index (χ1v) is 45.7. The van der Waals surface area contributed by atoms with Crippen LogP contribution >= 0.6 is 0 Å². The summed E-state index contributed by atoms with van der Waals surface area (Å²) in [6, 6.07) is 7.50. The van der Waals surface area contributed by atoms with Crippen molar-refractivity contribution < 1.29 is 74.2 Å². The number of amides is 8. The second-order valence-electron chi connectivity index (χ2n) is 40.4. The van der Waals surface area contributed by atoms with Crippen molar-refractivity contribution in [1.82, 2.24) is 105 Å². The van der Waals surface area contributed by atoms with E-state index < -0.39 is 111 Å². The summed E-state index contributed by atoms with van der Waals surface area (Å²) in [4.78, 5) is 124. The number of nitrogens with one attached hydrogen (secondary N) is 5. The number of aliphatic hydroxyl groups excluding tert-OH is 1. The zero-order valence-electron chi connectivity index (χ0n) is 79.6. The summed E-state index contributed by atoms with van der Waals surface area (Å²) in [5.41, 5.74) is 7.46. The van der Waals surface area contributed by atoms with E-state index >= 15 is 0 Å². The number of carbonyl (C=O) groups excluding carboxylic acids is 8. The second-order valence-corrected chi connectivity index (χ2v) is 40.4. The lowest BCUT2D eigenvalue weighted by atomic mass is 9.85. The molecule has 7 aliphatic rings. The summed E-state index contributed by atoms with van der Waals surface area (Å²) in [5, 5.41) is 42.2. The molecule has 8 amide bonds. The van der Waals surface area contributed by atoms with Crippen molar-refractivity contribution in [2.75, 3.05) is 108 Å². The third kappa shape index (κ3) is 23.4. The van der Waals surface area contributed by atoms with E-state index in [1.807, 2.05) is 130 Å². The summed E-state index contributed by atoms with van der Waals surface area (Å²) in [5.74, 6) is -7.99. The summed E-state index contributed by atoms with van der Waals surface area (Å²) in [6.07, 6.45) is 12.7. The zero-order valence-corrected chi connectivity index (χ0v) is 79.6. The highest BCUT2D eigenvalue weighted by atomic mass is 19.2. The summed E-state index contributed by atoms with van der Waals surface area (Å²) >= 11 is 0. The molecule has 0 radical (unpaired) electrons. The molecule has 5 aliphatic heterocycles. The lowest BCUT2D eigenvalue weighted by Crippen LogP contribution is -2.58. The van der Waals surface area contributed by atoms with Gasteiger partial charge in [0.25, 0.3) is 0 Å². The number of aliphatic hydroxyl groups is 1. The minimum absolute atomic E-state index is 0.111. The molecule has 1 unspecified atom stereocenters. The molecule has 6 atom stereocenters. The number of fused-ring (bicyclic) bond motifs is 4. The van der Waals surface area contributed by atoms with Crippen LogP contribution in [0.5, 0.6) is 0 Å². The zero-order chi connectivity index (χ0) is 96.9. The van der Waals surface area contributed by atoms with E-state index in [1.54, 1.807) is 34.1 Å². The van der Waals surface area contributed by atoms with Crippen molar-refractivity contribution in [1.29, 1.82) is 0 Å². The van der Waals surface area contributed by atoms with Crippen LogP contribution in [0, 0.1) is 62.4 Å². The highest BCUT2D eigenvalue weighted by molar-refractivity contribution is 5.92. The van der Waals surface area contributed by atoms with E-state index in [0.717, 1.165) is 134 Å². The van der Waals surface area contributed by atoms with Crippen LogP contribution in [-0.4, -0.2) is 275 Å². The number of likely N-dealkylation sites (N-methyl/N-ethyl adjacent to an activating group) is 5. The molecule has 5 aromatic heterocycles. The van der Waals surface area contributed by atoms with Gasteiger partial charge in [-0.2, -0.15) is 39.1 Å². The average Bonchev–Trinajstić information content (AvgIpc) is 1.62. The van der Waals surface area contributed by atoms with Crippen LogP contribution in [0.15, 0.2) is 73.1 Å². The molecule has 0 spiro atoms. The molecule has 6 N–H and O–H groups in total. The Bertz CT molecular complexity index is 5600. The van der Waals surface area contributed by atoms with E-state index in [1.165, 1.54) is 30.9 Å². The number of halogens is 7. The predicted molar refractivity (Wildman–Crippen MR) is 489 cm³/mol. The van der Waals surface area contributed by atoms with Crippen LogP contribution < -0.4 is 26.6 Å². The van der Waals surface area contributed by atoms with Crippen LogP contribution in [0.4, 0.5) is 49.9 Å². The van der Waals surface area contributed by atoms with Crippen LogP contribution in [0.3, 0.4) is 0 Å². The number of piperazine rings is 1. The van der Waals surface area contributed by atoms with Crippen LogP contribution in [0.25, 0.3) is 45.0 Å². The SMILES string of the molecule is CN(C)C1CCN(C(=O)[C@@H](NC(=O)n2nc(-c3cc(F)c(F)cc3F)c3c2CCCC3)C(C)(C)C)C1.CN1CCN(C(=O)[C@@H](NC(=O)n2nc(-c3ccc(F)c(F)c3)c3c2CCN(C)C3)C(C)(C)C)CC1.CN1CCc2c(c(-c3ccc(F)c(F)c3)nn2C(=O)N[C@H](C(=O)N2CCC[C@@H](O)C2)C(C)(C)C)C1.CNC(=O)[C@@H](NC(=O)n1nc(-c2cccnc2)c2c1CCCC2)C(C)(C)C. The largest absolute Gasteiger partial charge is 0.391 e. The number of hydrogen-bond acceptors (Lipinski definition) is 18. The second kappa shape index (κ2) is 41.7. The third-order valence-corrected chi connectivity index (χ3v) is 25.7. The fourth-order valence-electron chi connectivity index (χ4n) is 18.0. The Kier molecular flexibility index (Phi) is 31.6. The maximum absolute atomic E-state index is 14.6. The smallest absolute Gasteiger partial charge is 0.343 e. The molecule has 0 bridgehead atoms. The van der Waals surface area contributed by atoms with Crippen molar-refractivity contribution >= 4 is 47.8 Å². The van der Waals surface area contributed by atoms with Crippen LogP contribution in [0.2, 0.25) is 0 Å². The van der Waals surface area contributed by atoms with Crippen LogP contribution in [-0.2, 0) is 70.8 Å². The Labute approximate surface area is 772 Å². The number of pyridine rings is 1. The molecule has 720 valence electrons. The summed E-state index contributed by atoms with van der Waals surface area (Å²) in [7, 11) is 11.5. The minimum Gasteiger partial charge on any atom is -0.391 e. The number of carbonyl (C=O) groups is 8. The first kappa shape index (κ1) is 101. The highest BCUT2D eigenvalue weighted by Crippen LogP contribution is 2.39. The molecule has 2 aliphatic carbocycles. The third-order valence-electron chi connectivity index (χ3n) is 25.7. The van der Waals surface area contributed by atoms with Crippen LogP contribution in [0.1, 0.15) is 173 Å². The standard InChI is InChI=1S/C26H34F3N5O2.C25H34F2N6O2.C25H33F2N5O3.C20H27N5O2/c1-26(2,3)23(24(35)33-11-10-15(14-33)32(4)5)30-25(36)34-21-9-7-6-8-16(21)22(31-34)17-12-19(28)20(29)13-18(17)27;1-25(2,3)22(23(34)32-12-10-30(4)11-13-32)28-24(35)33-20-8-9-31(5)15-17(20)21(29-33)16-6-7-18(26)19(27)14-16;1-25(2,3)22(23(34)31-10-5-6-16(33)13-31)28-24(35)32-20-9-11-30(4)14-17(20)21(29-32)15-7-8-18(26)19(27)12-15;1-20(2,3)17(18(26)21-4)23-19(27)25-15-10-6-5-9-14(15)16(24-25)13-8-7-11-22-12-13/h12-13,15,23H,6-11,14H2,1-5H3,(H,30,36);6-7,14,22H,8-13,15H2,1-5H3,(H,28,35);7-8,12,16,22,33H,5-6,9-11,13-14H2,1-4H3,(H,28,35);7-8,11-12,17H,5-6,9-10H2,1-4H3,(H,21,26)(H,23,27)/t15?,23-;22-;16-,22-;17-/m1111/s1. The van der Waals surface area contributed by atoms with Gasteiger partial charge in [-0.1, -0.05) is 83.1 Å². The lowest BCUT2D eigenvalue weighted by molar-refractivity contribution is -0.139. The topological polar surface area (TPSA) is 324 Å². The van der Waals surface area contributed by atoms with E-state index in [-0.39, 0.29) is 53.5 Å². The van der Waals surface area contributed by atoms with Gasteiger partial charge in [0.15, 0.2) is 34.9 Å². The number of nitrogens with zero attached hydrogens (tertiary/aromatic N) is 16. The van der Waals surface area contributed by atoms with Gasteiger partial charge >= 0.3 is 24.1 Å². The molecule has 133 heavy (non-hydrogen) atoms. The first-order valence-electron chi connectivity index (χ1n) is 45.7. The molecule has 3 aromatic carbocycles. The normalized spacial score (nSPS) is 18.2. The fourth-order valence-corrected chi connectivity index (χ4v) is 18.0. The lowest BCUT2D eigenvalue weighted by Gasteiger charge is -2.38. The van der Waals surface area contributed by atoms with Crippen molar-refractivity contribution in [2.45, 2.75) is 216 Å². The van der Waals surface area contributed by atoms with Gasteiger partial charge in [0, 0.05) is 167 Å². The molecule has 8 aromatic rings. The van der Waals surface area contributed by atoms with Gasteiger partial charge in [-0.05, 0) is 182 Å². The average molecular weight is 1850 g/mol. The van der Waals surface area contributed by atoms with Gasteiger partial charge in [0.1, 0.15) is 30.0 Å². The number of rotatable bonds is 13. The van der Waals surface area contributed by atoms with E-state index in [0.29, 0.717) is 136 Å². The van der Waals surface area contributed by atoms with Gasteiger partial charge in [0.05, 0.1) is 51.7 Å². The van der Waals surface area contributed by atoms with Gasteiger partial charge in [0.2, 0.25) is 23.6 Å². The predicted octanol–water partition coefficient (Wildman–Crippen LogP) is 11.9. The van der Waals surface area contributed by atoms with E-state index in [4.69, 9.17) is 0 Å². The number of benzene rings is 3. The Morgan fingerprint density at radius 2 is 0.805 bits per heavy atom. The van der Waals surface area contributed by atoms with Crippen molar-refractivity contribution in [3.8, 4) is 45.0 Å². The Balaban J connectivity index is 0.000000161. The quantitative estimate of drug-likeness (QED) is 0.0461. The first-order chi connectivity index (χ1) is 62.6. The number of likely N-dealkylation sites (tertiary alicyclic amines) is 2. The molecule has 15 rings (SSSR count). The monoisotopic (exact) mass is 1850 g/mol. The molecule has 3 saturated heterocycles. The Morgan fingerprint density at radius 3 is 1.22 bits per heavy atom. The molecule has 0 saturated carbocycles.